The molecule has 5 heteroatoms. The monoisotopic (exact) mass is 410 g/mol. The van der Waals surface area contributed by atoms with E-state index in [1.807, 2.05) is 66.6 Å². The van der Waals surface area contributed by atoms with Gasteiger partial charge in [0.2, 0.25) is 0 Å². The van der Waals surface area contributed by atoms with Crippen LogP contribution in [0.3, 0.4) is 0 Å². The molecule has 0 bridgehead atoms. The molecule has 0 aliphatic heterocycles. The summed E-state index contributed by atoms with van der Waals surface area (Å²) in [5.74, 6) is 0.0507. The van der Waals surface area contributed by atoms with Gasteiger partial charge in [-0.15, -0.1) is 0 Å². The number of hydrogen-bond acceptors (Lipinski definition) is 2. The van der Waals surface area contributed by atoms with Crippen molar-refractivity contribution in [2.45, 2.75) is 26.4 Å². The van der Waals surface area contributed by atoms with Gasteiger partial charge < -0.3 is 14.2 Å². The minimum Gasteiger partial charge on any atom is -0.385 e. The van der Waals surface area contributed by atoms with E-state index >= 15 is 0 Å². The molecule has 0 unspecified atom stereocenters. The zero-order valence-electron chi connectivity index (χ0n) is 17.0. The lowest BCUT2D eigenvalue weighted by Gasteiger charge is -2.24. The normalized spacial score (nSPS) is 10.9. The number of halogens is 1. The van der Waals surface area contributed by atoms with Crippen LogP contribution in [0.5, 0.6) is 0 Å². The number of aryl methyl sites for hydroxylation is 1. The standard InChI is InChI=1S/C24H27ClN2O2/c1-19-8-3-4-12-23(19)24(28)27(14-7-15-29-2)18-22-11-6-13-26(22)17-20-9-5-10-21(25)16-20/h3-6,8-13,16H,7,14-15,17-18H2,1-2H3. The van der Waals surface area contributed by atoms with Gasteiger partial charge in [-0.3, -0.25) is 4.79 Å². The van der Waals surface area contributed by atoms with Crippen LogP contribution >= 0.6 is 11.6 Å². The molecule has 2 aromatic carbocycles. The quantitative estimate of drug-likeness (QED) is 0.455. The van der Waals surface area contributed by atoms with Gasteiger partial charge in [-0.1, -0.05) is 41.9 Å². The Morgan fingerprint density at radius 2 is 1.93 bits per heavy atom. The molecule has 0 aliphatic carbocycles. The van der Waals surface area contributed by atoms with Crippen LogP contribution in [0.15, 0.2) is 66.9 Å². The molecule has 152 valence electrons. The zero-order chi connectivity index (χ0) is 20.6. The van der Waals surface area contributed by atoms with Gasteiger partial charge in [-0.2, -0.15) is 0 Å². The van der Waals surface area contributed by atoms with Crippen LogP contribution in [0.2, 0.25) is 5.02 Å². The average molecular weight is 411 g/mol. The maximum Gasteiger partial charge on any atom is 0.254 e. The van der Waals surface area contributed by atoms with Crippen molar-refractivity contribution in [1.29, 1.82) is 0 Å². The molecule has 1 aromatic heterocycles. The average Bonchev–Trinajstić information content (AvgIpc) is 3.14. The molecule has 29 heavy (non-hydrogen) atoms. The molecule has 3 aromatic rings. The first kappa shape index (κ1) is 21.2. The fourth-order valence-corrected chi connectivity index (χ4v) is 3.62. The van der Waals surface area contributed by atoms with Gasteiger partial charge in [0.15, 0.2) is 0 Å². The molecule has 1 amide bonds. The number of amides is 1. The minimum atomic E-state index is 0.0507. The Hall–Kier alpha value is -2.56. The summed E-state index contributed by atoms with van der Waals surface area (Å²) in [6, 6.07) is 19.7. The topological polar surface area (TPSA) is 34.5 Å². The Balaban J connectivity index is 1.80. The predicted molar refractivity (Wildman–Crippen MR) is 117 cm³/mol. The number of methoxy groups -OCH3 is 1. The Labute approximate surface area is 177 Å². The van der Waals surface area contributed by atoms with Crippen LogP contribution in [-0.4, -0.2) is 35.6 Å². The highest BCUT2D eigenvalue weighted by atomic mass is 35.5. The third-order valence-corrected chi connectivity index (χ3v) is 5.19. The Kier molecular flexibility index (Phi) is 7.50. The smallest absolute Gasteiger partial charge is 0.254 e. The summed E-state index contributed by atoms with van der Waals surface area (Å²) < 4.78 is 7.36. The third-order valence-electron chi connectivity index (χ3n) is 4.96. The molecule has 3 rings (SSSR count). The Morgan fingerprint density at radius 3 is 2.69 bits per heavy atom. The Bertz CT molecular complexity index is 951. The first-order valence-corrected chi connectivity index (χ1v) is 10.2. The fraction of sp³-hybridized carbons (Fsp3) is 0.292. The number of benzene rings is 2. The van der Waals surface area contributed by atoms with Gasteiger partial charge in [-0.05, 0) is 54.8 Å². The summed E-state index contributed by atoms with van der Waals surface area (Å²) in [5, 5.41) is 0.729. The van der Waals surface area contributed by atoms with Crippen LogP contribution in [-0.2, 0) is 17.8 Å². The molecule has 0 atom stereocenters. The highest BCUT2D eigenvalue weighted by molar-refractivity contribution is 6.30. The van der Waals surface area contributed by atoms with E-state index < -0.39 is 0 Å². The van der Waals surface area contributed by atoms with Crippen LogP contribution in [0.4, 0.5) is 0 Å². The number of carbonyl (C=O) groups excluding carboxylic acids is 1. The van der Waals surface area contributed by atoms with E-state index in [4.69, 9.17) is 16.3 Å². The summed E-state index contributed by atoms with van der Waals surface area (Å²) in [6.07, 6.45) is 2.84. The van der Waals surface area contributed by atoms with Crippen molar-refractivity contribution in [2.24, 2.45) is 0 Å². The predicted octanol–water partition coefficient (Wildman–Crippen LogP) is 5.18. The highest BCUT2D eigenvalue weighted by Crippen LogP contribution is 2.17. The lowest BCUT2D eigenvalue weighted by atomic mass is 10.1. The first-order chi connectivity index (χ1) is 14.1. The van der Waals surface area contributed by atoms with Gasteiger partial charge >= 0.3 is 0 Å². The number of hydrogen-bond donors (Lipinski definition) is 0. The first-order valence-electron chi connectivity index (χ1n) is 9.81. The van der Waals surface area contributed by atoms with E-state index in [9.17, 15) is 4.79 Å². The molecular formula is C24H27ClN2O2. The second kappa shape index (κ2) is 10.3. The molecule has 4 nitrogen and oxygen atoms in total. The van der Waals surface area contributed by atoms with E-state index in [-0.39, 0.29) is 5.91 Å². The summed E-state index contributed by atoms with van der Waals surface area (Å²) in [5.41, 5.74) is 3.96. The highest BCUT2D eigenvalue weighted by Gasteiger charge is 2.19. The molecule has 0 radical (unpaired) electrons. The van der Waals surface area contributed by atoms with Gasteiger partial charge in [0.05, 0.1) is 6.54 Å². The summed E-state index contributed by atoms with van der Waals surface area (Å²) >= 11 is 6.13. The number of nitrogens with zero attached hydrogens (tertiary/aromatic N) is 2. The summed E-state index contributed by atoms with van der Waals surface area (Å²) in [7, 11) is 1.68. The van der Waals surface area contributed by atoms with E-state index in [1.165, 1.54) is 0 Å². The Morgan fingerprint density at radius 1 is 1.10 bits per heavy atom. The van der Waals surface area contributed by atoms with Crippen molar-refractivity contribution in [3.8, 4) is 0 Å². The molecule has 0 spiro atoms. The zero-order valence-corrected chi connectivity index (χ0v) is 17.7. The van der Waals surface area contributed by atoms with Crippen molar-refractivity contribution < 1.29 is 9.53 Å². The molecule has 1 heterocycles. The maximum atomic E-state index is 13.3. The van der Waals surface area contributed by atoms with Crippen molar-refractivity contribution in [3.63, 3.8) is 0 Å². The van der Waals surface area contributed by atoms with Gasteiger partial charge in [-0.25, -0.2) is 0 Å². The SMILES string of the molecule is COCCCN(Cc1cccn1Cc1cccc(Cl)c1)C(=O)c1ccccc1C. The van der Waals surface area contributed by atoms with Gasteiger partial charge in [0.25, 0.3) is 5.91 Å². The fourth-order valence-electron chi connectivity index (χ4n) is 3.41. The van der Waals surface area contributed by atoms with Gasteiger partial charge in [0, 0.05) is 49.3 Å². The van der Waals surface area contributed by atoms with Crippen LogP contribution in [0, 0.1) is 6.92 Å². The van der Waals surface area contributed by atoms with Crippen molar-refractivity contribution in [3.05, 3.63) is 94.3 Å². The van der Waals surface area contributed by atoms with Crippen molar-refractivity contribution in [2.75, 3.05) is 20.3 Å². The second-order valence-electron chi connectivity index (χ2n) is 7.15. The summed E-state index contributed by atoms with van der Waals surface area (Å²) in [6.45, 7) is 4.50. The second-order valence-corrected chi connectivity index (χ2v) is 7.58. The number of carbonyl (C=O) groups is 1. The van der Waals surface area contributed by atoms with Crippen molar-refractivity contribution >= 4 is 17.5 Å². The lowest BCUT2D eigenvalue weighted by molar-refractivity contribution is 0.0719. The molecule has 0 aliphatic rings. The van der Waals surface area contributed by atoms with Crippen molar-refractivity contribution in [1.82, 2.24) is 9.47 Å². The van der Waals surface area contributed by atoms with Gasteiger partial charge in [0.1, 0.15) is 0 Å². The van der Waals surface area contributed by atoms with E-state index in [0.717, 1.165) is 33.8 Å². The summed E-state index contributed by atoms with van der Waals surface area (Å²) in [4.78, 5) is 15.2. The van der Waals surface area contributed by atoms with E-state index in [1.54, 1.807) is 7.11 Å². The van der Waals surface area contributed by atoms with Crippen LogP contribution < -0.4 is 0 Å². The number of aromatic nitrogens is 1. The largest absolute Gasteiger partial charge is 0.385 e. The number of rotatable bonds is 9. The van der Waals surface area contributed by atoms with E-state index in [2.05, 4.69) is 16.7 Å². The maximum absolute atomic E-state index is 13.3. The van der Waals surface area contributed by atoms with E-state index in [0.29, 0.717) is 26.2 Å². The van der Waals surface area contributed by atoms with Crippen LogP contribution in [0.25, 0.3) is 0 Å². The molecule has 0 fully saturated rings. The minimum absolute atomic E-state index is 0.0507. The molecule has 0 saturated carbocycles. The third kappa shape index (κ3) is 5.72. The van der Waals surface area contributed by atoms with Crippen LogP contribution in [0.1, 0.15) is 33.6 Å². The number of ether oxygens (including phenoxy) is 1. The molecule has 0 N–H and O–H groups in total. The lowest BCUT2D eigenvalue weighted by Crippen LogP contribution is -2.33. The molecule has 0 saturated heterocycles. The molecular weight excluding hydrogens is 384 g/mol.